The van der Waals surface area contributed by atoms with Crippen LogP contribution in [0.5, 0.6) is 0 Å². The van der Waals surface area contributed by atoms with Crippen molar-refractivity contribution in [2.24, 2.45) is 5.92 Å². The summed E-state index contributed by atoms with van der Waals surface area (Å²) in [5.74, 6) is 0.690. The summed E-state index contributed by atoms with van der Waals surface area (Å²) in [6, 6.07) is 6.09. The van der Waals surface area contributed by atoms with Crippen molar-refractivity contribution in [3.8, 4) is 0 Å². The lowest BCUT2D eigenvalue weighted by Crippen LogP contribution is -2.42. The van der Waals surface area contributed by atoms with E-state index < -0.39 is 0 Å². The monoisotopic (exact) mass is 301 g/mol. The van der Waals surface area contributed by atoms with E-state index in [4.69, 9.17) is 27.9 Å². The molecule has 0 bridgehead atoms. The van der Waals surface area contributed by atoms with Gasteiger partial charge in [0.25, 0.3) is 0 Å². The molecule has 2 unspecified atom stereocenters. The molecule has 0 saturated heterocycles. The molecule has 0 radical (unpaired) electrons. The molecule has 19 heavy (non-hydrogen) atoms. The van der Waals surface area contributed by atoms with Crippen LogP contribution in [0.25, 0.3) is 0 Å². The number of hydrogen-bond donors (Lipinski definition) is 1. The molecule has 0 aromatic heterocycles. The van der Waals surface area contributed by atoms with E-state index in [1.807, 2.05) is 25.2 Å². The molecular formula is C15H21Cl2NO. The molecule has 1 saturated carbocycles. The maximum atomic E-state index is 6.27. The van der Waals surface area contributed by atoms with Crippen molar-refractivity contribution in [1.29, 1.82) is 0 Å². The van der Waals surface area contributed by atoms with E-state index in [1.54, 1.807) is 0 Å². The Morgan fingerprint density at radius 1 is 1.37 bits per heavy atom. The van der Waals surface area contributed by atoms with Crippen LogP contribution in [0.15, 0.2) is 18.2 Å². The normalized spacial score (nSPS) is 18.3. The van der Waals surface area contributed by atoms with Crippen molar-refractivity contribution in [1.82, 2.24) is 5.32 Å². The van der Waals surface area contributed by atoms with Gasteiger partial charge in [-0.2, -0.15) is 0 Å². The smallest absolute Gasteiger partial charge is 0.0759 e. The molecule has 2 rings (SSSR count). The lowest BCUT2D eigenvalue weighted by molar-refractivity contribution is 0.0211. The summed E-state index contributed by atoms with van der Waals surface area (Å²) in [6.07, 6.45) is 3.65. The standard InChI is InChI=1S/C15H21Cl2NO/c1-3-19-15(10-7-8-10)13(18-2)9-11-5-4-6-12(16)14(11)17/h4-6,10,13,15,18H,3,7-9H2,1-2H3. The zero-order valence-corrected chi connectivity index (χ0v) is 13.0. The van der Waals surface area contributed by atoms with Crippen LogP contribution in [0.3, 0.4) is 0 Å². The van der Waals surface area contributed by atoms with Gasteiger partial charge in [0.05, 0.1) is 16.1 Å². The number of nitrogens with one attached hydrogen (secondary N) is 1. The number of rotatable bonds is 7. The molecule has 4 heteroatoms. The second-order valence-corrected chi connectivity index (χ2v) is 5.85. The lowest BCUT2D eigenvalue weighted by atomic mass is 9.98. The number of ether oxygens (including phenoxy) is 1. The summed E-state index contributed by atoms with van der Waals surface area (Å²) < 4.78 is 5.92. The van der Waals surface area contributed by atoms with Gasteiger partial charge in [0.15, 0.2) is 0 Å². The van der Waals surface area contributed by atoms with Crippen LogP contribution in [0.2, 0.25) is 10.0 Å². The first-order chi connectivity index (χ1) is 9.17. The fourth-order valence-electron chi connectivity index (χ4n) is 2.52. The molecule has 106 valence electrons. The summed E-state index contributed by atoms with van der Waals surface area (Å²) in [4.78, 5) is 0. The van der Waals surface area contributed by atoms with Crippen molar-refractivity contribution in [2.75, 3.05) is 13.7 Å². The average molecular weight is 302 g/mol. The fraction of sp³-hybridized carbons (Fsp3) is 0.600. The Kier molecular flexibility index (Phi) is 5.52. The van der Waals surface area contributed by atoms with Crippen molar-refractivity contribution >= 4 is 23.2 Å². The molecule has 2 atom stereocenters. The maximum Gasteiger partial charge on any atom is 0.0759 e. The van der Waals surface area contributed by atoms with Gasteiger partial charge in [0.2, 0.25) is 0 Å². The summed E-state index contributed by atoms with van der Waals surface area (Å²) in [5.41, 5.74) is 1.08. The molecule has 1 aromatic rings. The number of benzene rings is 1. The van der Waals surface area contributed by atoms with E-state index >= 15 is 0 Å². The zero-order chi connectivity index (χ0) is 13.8. The predicted octanol–water partition coefficient (Wildman–Crippen LogP) is 3.94. The Hall–Kier alpha value is -0.280. The number of hydrogen-bond acceptors (Lipinski definition) is 2. The van der Waals surface area contributed by atoms with Gasteiger partial charge in [-0.05, 0) is 50.8 Å². The number of likely N-dealkylation sites (N-methyl/N-ethyl adjacent to an activating group) is 1. The van der Waals surface area contributed by atoms with Crippen LogP contribution in [0.4, 0.5) is 0 Å². The van der Waals surface area contributed by atoms with Gasteiger partial charge in [-0.15, -0.1) is 0 Å². The summed E-state index contributed by atoms with van der Waals surface area (Å²) >= 11 is 12.3. The van der Waals surface area contributed by atoms with Crippen LogP contribution in [0, 0.1) is 5.92 Å². The van der Waals surface area contributed by atoms with Crippen LogP contribution >= 0.6 is 23.2 Å². The Labute approximate surface area is 125 Å². The minimum absolute atomic E-state index is 0.269. The summed E-state index contributed by atoms with van der Waals surface area (Å²) in [5, 5.41) is 4.66. The highest BCUT2D eigenvalue weighted by atomic mass is 35.5. The fourth-order valence-corrected chi connectivity index (χ4v) is 2.92. The minimum Gasteiger partial charge on any atom is -0.377 e. The lowest BCUT2D eigenvalue weighted by Gasteiger charge is -2.27. The van der Waals surface area contributed by atoms with Gasteiger partial charge in [-0.25, -0.2) is 0 Å². The second kappa shape index (κ2) is 6.94. The second-order valence-electron chi connectivity index (χ2n) is 5.07. The minimum atomic E-state index is 0.269. The van der Waals surface area contributed by atoms with Gasteiger partial charge in [0, 0.05) is 12.6 Å². The molecule has 1 aliphatic rings. The van der Waals surface area contributed by atoms with Gasteiger partial charge in [0.1, 0.15) is 0 Å². The van der Waals surface area contributed by atoms with Crippen molar-refractivity contribution in [3.05, 3.63) is 33.8 Å². The van der Waals surface area contributed by atoms with Crippen molar-refractivity contribution < 1.29 is 4.74 Å². The van der Waals surface area contributed by atoms with E-state index in [9.17, 15) is 0 Å². The third kappa shape index (κ3) is 3.85. The molecule has 1 fully saturated rings. The molecule has 0 aliphatic heterocycles. The third-order valence-corrected chi connectivity index (χ3v) is 4.54. The third-order valence-electron chi connectivity index (χ3n) is 3.68. The van der Waals surface area contributed by atoms with Gasteiger partial charge in [-0.3, -0.25) is 0 Å². The van der Waals surface area contributed by atoms with E-state index in [2.05, 4.69) is 12.2 Å². The van der Waals surface area contributed by atoms with E-state index in [-0.39, 0.29) is 12.1 Å². The predicted molar refractivity (Wildman–Crippen MR) is 81.2 cm³/mol. The van der Waals surface area contributed by atoms with Crippen molar-refractivity contribution in [2.45, 2.75) is 38.3 Å². The Balaban J connectivity index is 2.10. The van der Waals surface area contributed by atoms with Crippen LogP contribution < -0.4 is 5.32 Å². The molecule has 2 nitrogen and oxygen atoms in total. The molecule has 0 amide bonds. The topological polar surface area (TPSA) is 21.3 Å². The van der Waals surface area contributed by atoms with Gasteiger partial charge >= 0.3 is 0 Å². The van der Waals surface area contributed by atoms with E-state index in [0.29, 0.717) is 16.0 Å². The molecule has 1 N–H and O–H groups in total. The van der Waals surface area contributed by atoms with E-state index in [0.717, 1.165) is 18.6 Å². The van der Waals surface area contributed by atoms with Crippen LogP contribution in [0.1, 0.15) is 25.3 Å². The quantitative estimate of drug-likeness (QED) is 0.824. The Morgan fingerprint density at radius 2 is 2.11 bits per heavy atom. The first-order valence-electron chi connectivity index (χ1n) is 6.89. The SMILES string of the molecule is CCOC(C1CC1)C(Cc1cccc(Cl)c1Cl)NC. The first kappa shape index (κ1) is 15.1. The van der Waals surface area contributed by atoms with Crippen molar-refractivity contribution in [3.63, 3.8) is 0 Å². The molecule has 1 aliphatic carbocycles. The molecular weight excluding hydrogens is 281 g/mol. The molecule has 1 aromatic carbocycles. The highest BCUT2D eigenvalue weighted by Gasteiger charge is 2.36. The first-order valence-corrected chi connectivity index (χ1v) is 7.64. The number of halogens is 2. The van der Waals surface area contributed by atoms with Gasteiger partial charge < -0.3 is 10.1 Å². The van der Waals surface area contributed by atoms with E-state index in [1.165, 1.54) is 12.8 Å². The average Bonchev–Trinajstić information content (AvgIpc) is 3.23. The zero-order valence-electron chi connectivity index (χ0n) is 11.5. The maximum absolute atomic E-state index is 6.27. The Bertz CT molecular complexity index is 421. The highest BCUT2D eigenvalue weighted by Crippen LogP contribution is 2.37. The Morgan fingerprint density at radius 3 is 2.68 bits per heavy atom. The largest absolute Gasteiger partial charge is 0.377 e. The van der Waals surface area contributed by atoms with Crippen LogP contribution in [-0.2, 0) is 11.2 Å². The highest BCUT2D eigenvalue weighted by molar-refractivity contribution is 6.42. The van der Waals surface area contributed by atoms with Crippen LogP contribution in [-0.4, -0.2) is 25.8 Å². The van der Waals surface area contributed by atoms with Gasteiger partial charge in [-0.1, -0.05) is 35.3 Å². The summed E-state index contributed by atoms with van der Waals surface area (Å²) in [6.45, 7) is 2.80. The summed E-state index contributed by atoms with van der Waals surface area (Å²) in [7, 11) is 1.98. The molecule has 0 heterocycles. The molecule has 0 spiro atoms.